The molecule has 0 saturated heterocycles. The first-order valence-corrected chi connectivity index (χ1v) is 11.0. The van der Waals surface area contributed by atoms with E-state index in [0.29, 0.717) is 29.3 Å². The van der Waals surface area contributed by atoms with Crippen molar-refractivity contribution in [3.8, 4) is 0 Å². The Balaban J connectivity index is 2.10. The highest BCUT2D eigenvalue weighted by molar-refractivity contribution is 5.81. The number of carbonyl (C=O) groups excluding carboxylic acids is 1. The van der Waals surface area contributed by atoms with Gasteiger partial charge in [-0.15, -0.1) is 0 Å². The summed E-state index contributed by atoms with van der Waals surface area (Å²) in [5, 5.41) is 0. The Hall–Kier alpha value is -0.790. The number of hydrogen-bond donors (Lipinski definition) is 0. The number of allylic oxidation sites excluding steroid dienone is 1. The summed E-state index contributed by atoms with van der Waals surface area (Å²) in [5.74, 6) is 3.43. The van der Waals surface area contributed by atoms with Gasteiger partial charge in [-0.2, -0.15) is 0 Å². The first kappa shape index (κ1) is 21.5. The van der Waals surface area contributed by atoms with Crippen LogP contribution < -0.4 is 0 Å². The first-order valence-electron chi connectivity index (χ1n) is 11.0. The molecule has 0 aromatic carbocycles. The van der Waals surface area contributed by atoms with Crippen LogP contribution in [0.25, 0.3) is 0 Å². The van der Waals surface area contributed by atoms with E-state index in [1.165, 1.54) is 38.5 Å². The molecule has 0 radical (unpaired) electrons. The van der Waals surface area contributed by atoms with Crippen LogP contribution in [0.2, 0.25) is 0 Å². The number of ether oxygens (including phenoxy) is 1. The fourth-order valence-corrected chi connectivity index (χ4v) is 6.89. The Kier molecular flexibility index (Phi) is 7.02. The molecule has 6 atom stereocenters. The predicted molar refractivity (Wildman–Crippen MR) is 110 cm³/mol. The van der Waals surface area contributed by atoms with E-state index in [-0.39, 0.29) is 5.97 Å². The average molecular weight is 363 g/mol. The minimum atomic E-state index is -0.197. The van der Waals surface area contributed by atoms with Crippen LogP contribution in [0.4, 0.5) is 0 Å². The molecule has 0 N–H and O–H groups in total. The van der Waals surface area contributed by atoms with E-state index < -0.39 is 0 Å². The molecule has 0 heterocycles. The highest BCUT2D eigenvalue weighted by atomic mass is 16.5. The molecule has 2 fully saturated rings. The maximum Gasteiger partial charge on any atom is 0.330 e. The molecule has 2 aliphatic rings. The number of hydrogen-bond acceptors (Lipinski definition) is 2. The normalized spacial score (nSPS) is 36.1. The molecule has 0 aromatic rings. The van der Waals surface area contributed by atoms with Crippen LogP contribution in [-0.2, 0) is 9.53 Å². The van der Waals surface area contributed by atoms with Gasteiger partial charge in [-0.1, -0.05) is 54.0 Å². The molecule has 2 heteroatoms. The van der Waals surface area contributed by atoms with Gasteiger partial charge in [-0.25, -0.2) is 4.79 Å². The summed E-state index contributed by atoms with van der Waals surface area (Å²) in [6, 6.07) is 0. The van der Waals surface area contributed by atoms with Gasteiger partial charge >= 0.3 is 5.97 Å². The Morgan fingerprint density at radius 2 is 1.96 bits per heavy atom. The van der Waals surface area contributed by atoms with E-state index in [9.17, 15) is 4.79 Å². The standard InChI is InChI=1S/C24H42O2/c1-8-15-23(5,6)20-14-16-24(7)19(11-12-21(24)18(20)4)17(3)10-13-22(25)26-9-2/h10,13,17-21H,8-9,11-12,14-16H2,1-7H3/b13-10+/t17-,18?,19-,20?,21?,24-/m1/s1. The second kappa shape index (κ2) is 8.48. The summed E-state index contributed by atoms with van der Waals surface area (Å²) in [6.45, 7) is 17.0. The average Bonchev–Trinajstić information content (AvgIpc) is 2.91. The highest BCUT2D eigenvalue weighted by Gasteiger charge is 2.55. The van der Waals surface area contributed by atoms with Crippen LogP contribution in [0.3, 0.4) is 0 Å². The molecule has 0 spiro atoms. The Bertz CT molecular complexity index is 506. The van der Waals surface area contributed by atoms with Gasteiger partial charge in [0.15, 0.2) is 0 Å². The second-order valence-corrected chi connectivity index (χ2v) is 10.0. The van der Waals surface area contributed by atoms with Gasteiger partial charge in [0.2, 0.25) is 0 Å². The molecule has 3 unspecified atom stereocenters. The van der Waals surface area contributed by atoms with Gasteiger partial charge in [0.1, 0.15) is 0 Å². The van der Waals surface area contributed by atoms with Crippen molar-refractivity contribution in [2.45, 2.75) is 87.0 Å². The Morgan fingerprint density at radius 3 is 2.58 bits per heavy atom. The van der Waals surface area contributed by atoms with Crippen LogP contribution in [0.5, 0.6) is 0 Å². The summed E-state index contributed by atoms with van der Waals surface area (Å²) in [4.78, 5) is 11.7. The monoisotopic (exact) mass is 362 g/mol. The summed E-state index contributed by atoms with van der Waals surface area (Å²) in [5.41, 5.74) is 0.889. The van der Waals surface area contributed by atoms with Gasteiger partial charge in [0.05, 0.1) is 6.61 Å². The van der Waals surface area contributed by atoms with E-state index in [1.54, 1.807) is 6.08 Å². The zero-order chi connectivity index (χ0) is 19.5. The van der Waals surface area contributed by atoms with Crippen LogP contribution in [0, 0.1) is 40.4 Å². The van der Waals surface area contributed by atoms with Crippen LogP contribution in [0.1, 0.15) is 87.0 Å². The minimum absolute atomic E-state index is 0.197. The number of esters is 1. The van der Waals surface area contributed by atoms with Crippen LogP contribution in [-0.4, -0.2) is 12.6 Å². The van der Waals surface area contributed by atoms with E-state index in [0.717, 1.165) is 17.8 Å². The molecule has 0 aromatic heterocycles. The third kappa shape index (κ3) is 4.20. The van der Waals surface area contributed by atoms with Crippen molar-refractivity contribution in [2.75, 3.05) is 6.61 Å². The molecule has 0 bridgehead atoms. The fourth-order valence-electron chi connectivity index (χ4n) is 6.89. The van der Waals surface area contributed by atoms with E-state index in [2.05, 4.69) is 47.6 Å². The molecular weight excluding hydrogens is 320 g/mol. The van der Waals surface area contributed by atoms with Crippen LogP contribution in [0.15, 0.2) is 12.2 Å². The lowest BCUT2D eigenvalue weighted by molar-refractivity contribution is -0.137. The molecule has 0 aliphatic heterocycles. The maximum atomic E-state index is 11.7. The van der Waals surface area contributed by atoms with Gasteiger partial charge < -0.3 is 4.74 Å². The third-order valence-electron chi connectivity index (χ3n) is 8.10. The zero-order valence-corrected chi connectivity index (χ0v) is 18.3. The molecule has 0 amide bonds. The molecule has 2 saturated carbocycles. The van der Waals surface area contributed by atoms with Crippen molar-refractivity contribution in [3.63, 3.8) is 0 Å². The molecular formula is C24H42O2. The van der Waals surface area contributed by atoms with E-state index in [1.807, 2.05) is 6.92 Å². The lowest BCUT2D eigenvalue weighted by atomic mass is 9.52. The van der Waals surface area contributed by atoms with Crippen molar-refractivity contribution in [3.05, 3.63) is 12.2 Å². The van der Waals surface area contributed by atoms with E-state index >= 15 is 0 Å². The predicted octanol–water partition coefficient (Wildman–Crippen LogP) is 6.65. The fraction of sp³-hybridized carbons (Fsp3) is 0.875. The smallest absolute Gasteiger partial charge is 0.330 e. The van der Waals surface area contributed by atoms with Gasteiger partial charge in [0, 0.05) is 6.08 Å². The summed E-state index contributed by atoms with van der Waals surface area (Å²) in [6.07, 6.45) is 11.8. The topological polar surface area (TPSA) is 26.3 Å². The second-order valence-electron chi connectivity index (χ2n) is 10.0. The first-order chi connectivity index (χ1) is 12.2. The Labute approximate surface area is 162 Å². The molecule has 2 nitrogen and oxygen atoms in total. The number of carbonyl (C=O) groups is 1. The third-order valence-corrected chi connectivity index (χ3v) is 8.10. The number of fused-ring (bicyclic) bond motifs is 1. The molecule has 150 valence electrons. The quantitative estimate of drug-likeness (QED) is 0.374. The Morgan fingerprint density at radius 1 is 1.27 bits per heavy atom. The summed E-state index contributed by atoms with van der Waals surface area (Å²) in [7, 11) is 0. The lowest BCUT2D eigenvalue weighted by Gasteiger charge is -2.53. The lowest BCUT2D eigenvalue weighted by Crippen LogP contribution is -2.45. The molecule has 2 rings (SSSR count). The highest BCUT2D eigenvalue weighted by Crippen LogP contribution is 2.63. The van der Waals surface area contributed by atoms with Crippen molar-refractivity contribution >= 4 is 5.97 Å². The van der Waals surface area contributed by atoms with Crippen molar-refractivity contribution in [1.82, 2.24) is 0 Å². The molecule has 2 aliphatic carbocycles. The van der Waals surface area contributed by atoms with Crippen LogP contribution >= 0.6 is 0 Å². The van der Waals surface area contributed by atoms with E-state index in [4.69, 9.17) is 4.74 Å². The number of rotatable bonds is 7. The van der Waals surface area contributed by atoms with Gasteiger partial charge in [0.25, 0.3) is 0 Å². The summed E-state index contributed by atoms with van der Waals surface area (Å²) < 4.78 is 5.05. The van der Waals surface area contributed by atoms with Gasteiger partial charge in [-0.05, 0) is 79.4 Å². The minimum Gasteiger partial charge on any atom is -0.463 e. The van der Waals surface area contributed by atoms with Crippen molar-refractivity contribution < 1.29 is 9.53 Å². The maximum absolute atomic E-state index is 11.7. The SMILES string of the molecule is CCCC(C)(C)C1CC[C@@]2(C)C(CC[C@@H]2[C@H](C)/C=C/C(=O)OCC)C1C. The molecule has 26 heavy (non-hydrogen) atoms. The largest absolute Gasteiger partial charge is 0.463 e. The van der Waals surface area contributed by atoms with Gasteiger partial charge in [-0.3, -0.25) is 0 Å². The summed E-state index contributed by atoms with van der Waals surface area (Å²) >= 11 is 0. The van der Waals surface area contributed by atoms with Crippen molar-refractivity contribution in [1.29, 1.82) is 0 Å². The zero-order valence-electron chi connectivity index (χ0n) is 18.3. The van der Waals surface area contributed by atoms with Crippen molar-refractivity contribution in [2.24, 2.45) is 40.4 Å².